The topological polar surface area (TPSA) is 55.8 Å². The van der Waals surface area contributed by atoms with Crippen molar-refractivity contribution in [3.63, 3.8) is 0 Å². The van der Waals surface area contributed by atoms with Gasteiger partial charge in [0.15, 0.2) is 0 Å². The van der Waals surface area contributed by atoms with Gasteiger partial charge in [-0.2, -0.15) is 0 Å². The summed E-state index contributed by atoms with van der Waals surface area (Å²) in [7, 11) is 0. The van der Waals surface area contributed by atoms with Crippen LogP contribution in [-0.4, -0.2) is 35.2 Å². The maximum absolute atomic E-state index is 13.0. The minimum atomic E-state index is -0.581. The summed E-state index contributed by atoms with van der Waals surface area (Å²) in [5, 5.41) is 0. The Morgan fingerprint density at radius 2 is 1.81 bits per heavy atom. The highest BCUT2D eigenvalue weighted by atomic mass is 16.6. The lowest BCUT2D eigenvalue weighted by Crippen LogP contribution is -2.47. The molecule has 1 amide bonds. The van der Waals surface area contributed by atoms with Crippen molar-refractivity contribution >= 4 is 12.1 Å². The van der Waals surface area contributed by atoms with E-state index in [0.29, 0.717) is 24.3 Å². The smallest absolute Gasteiger partial charge is 0.410 e. The van der Waals surface area contributed by atoms with Gasteiger partial charge >= 0.3 is 12.1 Å². The lowest BCUT2D eigenvalue weighted by Gasteiger charge is -2.30. The molecular weight excluding hydrogens is 342 g/mol. The lowest BCUT2D eigenvalue weighted by atomic mass is 9.82. The van der Waals surface area contributed by atoms with Crippen LogP contribution < -0.4 is 0 Å². The van der Waals surface area contributed by atoms with Crippen LogP contribution in [0.3, 0.4) is 0 Å². The molecule has 4 rings (SSSR count). The summed E-state index contributed by atoms with van der Waals surface area (Å²) in [4.78, 5) is 27.4. The summed E-state index contributed by atoms with van der Waals surface area (Å²) in [5.41, 5.74) is 0.350. The van der Waals surface area contributed by atoms with Gasteiger partial charge in [-0.1, -0.05) is 42.5 Å². The van der Waals surface area contributed by atoms with Gasteiger partial charge in [-0.05, 0) is 50.5 Å². The molecular formula is C22H27NO4. The molecule has 27 heavy (non-hydrogen) atoms. The fraction of sp³-hybridized carbons (Fsp3) is 0.545. The van der Waals surface area contributed by atoms with E-state index in [1.165, 1.54) is 0 Å². The molecule has 1 aromatic rings. The fourth-order valence-electron chi connectivity index (χ4n) is 4.87. The highest BCUT2D eigenvalue weighted by molar-refractivity contribution is 5.83. The maximum Gasteiger partial charge on any atom is 0.410 e. The quantitative estimate of drug-likeness (QED) is 0.601. The van der Waals surface area contributed by atoms with Crippen LogP contribution in [0, 0.1) is 23.7 Å². The SMILES string of the molecule is CC(C)(C)OC(=O)C1C2C3C=CC(C3)C2CN1C(=O)OCc1ccccc1. The Morgan fingerprint density at radius 1 is 1.11 bits per heavy atom. The van der Waals surface area contributed by atoms with Crippen LogP contribution in [0.4, 0.5) is 4.79 Å². The molecule has 0 spiro atoms. The van der Waals surface area contributed by atoms with E-state index in [2.05, 4.69) is 12.2 Å². The third kappa shape index (κ3) is 3.47. The van der Waals surface area contributed by atoms with E-state index in [1.807, 2.05) is 51.1 Å². The zero-order valence-electron chi connectivity index (χ0n) is 16.1. The first kappa shape index (κ1) is 18.1. The highest BCUT2D eigenvalue weighted by Crippen LogP contribution is 2.54. The summed E-state index contributed by atoms with van der Waals surface area (Å²) >= 11 is 0. The Morgan fingerprint density at radius 3 is 2.52 bits per heavy atom. The lowest BCUT2D eigenvalue weighted by molar-refractivity contribution is -0.161. The molecule has 1 saturated heterocycles. The first-order valence-corrected chi connectivity index (χ1v) is 9.72. The maximum atomic E-state index is 13.0. The number of ether oxygens (including phenoxy) is 2. The van der Waals surface area contributed by atoms with E-state index in [4.69, 9.17) is 9.47 Å². The van der Waals surface area contributed by atoms with Gasteiger partial charge in [-0.25, -0.2) is 9.59 Å². The van der Waals surface area contributed by atoms with Crippen LogP contribution in [0.1, 0.15) is 32.8 Å². The van der Waals surface area contributed by atoms with Crippen molar-refractivity contribution in [2.45, 2.75) is 45.4 Å². The fourth-order valence-corrected chi connectivity index (χ4v) is 4.87. The van der Waals surface area contributed by atoms with Gasteiger partial charge in [0.2, 0.25) is 0 Å². The van der Waals surface area contributed by atoms with Crippen LogP contribution in [0.5, 0.6) is 0 Å². The number of hydrogen-bond acceptors (Lipinski definition) is 4. The Bertz CT molecular complexity index is 751. The van der Waals surface area contributed by atoms with Gasteiger partial charge < -0.3 is 9.47 Å². The standard InChI is InChI=1S/C22H27NO4/c1-22(2,3)27-20(24)19-18-16-10-9-15(11-16)17(18)12-23(19)21(25)26-13-14-7-5-4-6-8-14/h4-10,15-19H,11-13H2,1-3H3. The molecule has 0 aromatic heterocycles. The van der Waals surface area contributed by atoms with E-state index >= 15 is 0 Å². The van der Waals surface area contributed by atoms with E-state index in [1.54, 1.807) is 4.90 Å². The van der Waals surface area contributed by atoms with E-state index in [0.717, 1.165) is 12.0 Å². The predicted molar refractivity (Wildman–Crippen MR) is 101 cm³/mol. The number of fused-ring (bicyclic) bond motifs is 5. The van der Waals surface area contributed by atoms with Crippen molar-refractivity contribution < 1.29 is 19.1 Å². The van der Waals surface area contributed by atoms with Crippen molar-refractivity contribution in [2.75, 3.05) is 6.54 Å². The molecule has 2 fully saturated rings. The minimum absolute atomic E-state index is 0.138. The first-order chi connectivity index (χ1) is 12.8. The first-order valence-electron chi connectivity index (χ1n) is 9.72. The number of carbonyl (C=O) groups is 2. The van der Waals surface area contributed by atoms with Crippen molar-refractivity contribution in [2.24, 2.45) is 23.7 Å². The summed E-state index contributed by atoms with van der Waals surface area (Å²) in [6.45, 7) is 6.34. The average molecular weight is 369 g/mol. The summed E-state index contributed by atoms with van der Waals surface area (Å²) in [6, 6.07) is 9.03. The molecule has 5 unspecified atom stereocenters. The molecule has 1 aliphatic heterocycles. The largest absolute Gasteiger partial charge is 0.458 e. The molecule has 5 atom stereocenters. The summed E-state index contributed by atoms with van der Waals surface area (Å²) in [5.74, 6) is 0.954. The van der Waals surface area contributed by atoms with Crippen molar-refractivity contribution in [3.05, 3.63) is 48.0 Å². The molecule has 0 N–H and O–H groups in total. The molecule has 0 radical (unpaired) electrons. The zero-order valence-corrected chi connectivity index (χ0v) is 16.1. The molecule has 2 aliphatic carbocycles. The Labute approximate surface area is 160 Å². The third-order valence-electron chi connectivity index (χ3n) is 5.88. The van der Waals surface area contributed by atoms with Crippen LogP contribution in [0.2, 0.25) is 0 Å². The third-order valence-corrected chi connectivity index (χ3v) is 5.88. The van der Waals surface area contributed by atoms with Crippen LogP contribution in [-0.2, 0) is 20.9 Å². The average Bonchev–Trinajstić information content (AvgIpc) is 3.30. The second kappa shape index (κ2) is 6.70. The Hall–Kier alpha value is -2.30. The van der Waals surface area contributed by atoms with E-state index in [-0.39, 0.29) is 18.5 Å². The van der Waals surface area contributed by atoms with Crippen LogP contribution >= 0.6 is 0 Å². The molecule has 5 heteroatoms. The van der Waals surface area contributed by atoms with Gasteiger partial charge in [-0.15, -0.1) is 0 Å². The Balaban J connectivity index is 1.51. The number of benzene rings is 1. The van der Waals surface area contributed by atoms with Crippen LogP contribution in [0.25, 0.3) is 0 Å². The van der Waals surface area contributed by atoms with Crippen molar-refractivity contribution in [1.82, 2.24) is 4.90 Å². The Kier molecular flexibility index (Phi) is 4.49. The number of nitrogens with zero attached hydrogens (tertiary/aromatic N) is 1. The number of carbonyl (C=O) groups excluding carboxylic acids is 2. The van der Waals surface area contributed by atoms with Crippen LogP contribution in [0.15, 0.2) is 42.5 Å². The minimum Gasteiger partial charge on any atom is -0.458 e. The molecule has 144 valence electrons. The second-order valence-corrected chi connectivity index (χ2v) is 8.86. The normalized spacial score (nSPS) is 31.1. The number of likely N-dealkylation sites (tertiary alicyclic amines) is 1. The van der Waals surface area contributed by atoms with Crippen molar-refractivity contribution in [1.29, 1.82) is 0 Å². The molecule has 3 aliphatic rings. The number of esters is 1. The number of hydrogen-bond donors (Lipinski definition) is 0. The summed E-state index contributed by atoms with van der Waals surface area (Å²) < 4.78 is 11.2. The van der Waals surface area contributed by atoms with Gasteiger partial charge in [-0.3, -0.25) is 4.90 Å². The van der Waals surface area contributed by atoms with E-state index in [9.17, 15) is 9.59 Å². The molecule has 2 bridgehead atoms. The van der Waals surface area contributed by atoms with Gasteiger partial charge in [0.05, 0.1) is 0 Å². The van der Waals surface area contributed by atoms with Gasteiger partial charge in [0, 0.05) is 12.5 Å². The molecule has 1 saturated carbocycles. The zero-order chi connectivity index (χ0) is 19.2. The predicted octanol–water partition coefficient (Wildman–Crippen LogP) is 3.79. The number of rotatable bonds is 3. The molecule has 5 nitrogen and oxygen atoms in total. The monoisotopic (exact) mass is 369 g/mol. The number of amides is 1. The molecule has 1 aromatic carbocycles. The highest BCUT2D eigenvalue weighted by Gasteiger charge is 2.59. The van der Waals surface area contributed by atoms with Gasteiger partial charge in [0.1, 0.15) is 18.2 Å². The van der Waals surface area contributed by atoms with Crippen molar-refractivity contribution in [3.8, 4) is 0 Å². The van der Waals surface area contributed by atoms with Gasteiger partial charge in [0.25, 0.3) is 0 Å². The number of allylic oxidation sites excluding steroid dienone is 2. The van der Waals surface area contributed by atoms with E-state index < -0.39 is 17.7 Å². The molecule has 1 heterocycles. The summed E-state index contributed by atoms with van der Waals surface area (Å²) in [6.07, 6.45) is 5.11. The second-order valence-electron chi connectivity index (χ2n) is 8.86.